The molecule has 1 unspecified atom stereocenters. The number of amides is 3. The van der Waals surface area contributed by atoms with Gasteiger partial charge in [-0.3, -0.25) is 24.6 Å². The summed E-state index contributed by atoms with van der Waals surface area (Å²) in [5.74, 6) is -0.731. The van der Waals surface area contributed by atoms with Crippen LogP contribution in [0.5, 0.6) is 0 Å². The van der Waals surface area contributed by atoms with Crippen LogP contribution >= 0.6 is 0 Å². The van der Waals surface area contributed by atoms with E-state index in [1.54, 1.807) is 4.90 Å². The first-order valence-corrected chi connectivity index (χ1v) is 8.82. The average molecular weight is 342 g/mol. The maximum absolute atomic E-state index is 12.8. The number of rotatable bonds is 3. The van der Waals surface area contributed by atoms with Crippen molar-refractivity contribution >= 4 is 17.7 Å². The van der Waals surface area contributed by atoms with Crippen LogP contribution in [0.15, 0.2) is 18.2 Å². The van der Waals surface area contributed by atoms with Crippen LogP contribution in [0.1, 0.15) is 40.7 Å². The van der Waals surface area contributed by atoms with E-state index in [0.717, 1.165) is 43.9 Å². The van der Waals surface area contributed by atoms with Gasteiger partial charge in [0.2, 0.25) is 11.8 Å². The molecule has 2 fully saturated rings. The number of imide groups is 1. The highest BCUT2D eigenvalue weighted by Gasteiger charge is 2.39. The molecule has 3 aliphatic rings. The summed E-state index contributed by atoms with van der Waals surface area (Å²) in [6.45, 7) is 4.19. The summed E-state index contributed by atoms with van der Waals surface area (Å²) in [5.41, 5.74) is 2.85. The Balaban J connectivity index is 1.55. The molecular weight excluding hydrogens is 320 g/mol. The van der Waals surface area contributed by atoms with Gasteiger partial charge in [-0.2, -0.15) is 0 Å². The molecular formula is C18H22N4O3. The molecule has 2 N–H and O–H groups in total. The molecule has 0 bridgehead atoms. The van der Waals surface area contributed by atoms with E-state index in [0.29, 0.717) is 18.5 Å². The highest BCUT2D eigenvalue weighted by molar-refractivity contribution is 6.05. The monoisotopic (exact) mass is 342 g/mol. The summed E-state index contributed by atoms with van der Waals surface area (Å²) in [7, 11) is 0. The van der Waals surface area contributed by atoms with Crippen molar-refractivity contribution in [2.24, 2.45) is 0 Å². The third-order valence-electron chi connectivity index (χ3n) is 5.24. The summed E-state index contributed by atoms with van der Waals surface area (Å²) in [6.07, 6.45) is 1.80. The topological polar surface area (TPSA) is 81.8 Å². The van der Waals surface area contributed by atoms with Gasteiger partial charge in [-0.25, -0.2) is 0 Å². The Morgan fingerprint density at radius 3 is 2.84 bits per heavy atom. The zero-order valence-electron chi connectivity index (χ0n) is 14.1. The van der Waals surface area contributed by atoms with Gasteiger partial charge in [0.25, 0.3) is 5.91 Å². The summed E-state index contributed by atoms with van der Waals surface area (Å²) in [4.78, 5) is 40.3. The Morgan fingerprint density at radius 1 is 1.20 bits per heavy atom. The van der Waals surface area contributed by atoms with Gasteiger partial charge >= 0.3 is 0 Å². The molecule has 0 spiro atoms. The molecule has 2 saturated heterocycles. The Hall–Kier alpha value is -2.25. The fraction of sp³-hybridized carbons (Fsp3) is 0.500. The highest BCUT2D eigenvalue weighted by Crippen LogP contribution is 2.30. The van der Waals surface area contributed by atoms with Crippen LogP contribution in [0, 0.1) is 0 Å². The van der Waals surface area contributed by atoms with Crippen molar-refractivity contribution in [1.82, 2.24) is 20.4 Å². The average Bonchev–Trinajstić information content (AvgIpc) is 2.94. The van der Waals surface area contributed by atoms with E-state index in [1.165, 1.54) is 0 Å². The van der Waals surface area contributed by atoms with Crippen molar-refractivity contribution < 1.29 is 14.4 Å². The zero-order valence-corrected chi connectivity index (χ0v) is 14.1. The van der Waals surface area contributed by atoms with Crippen LogP contribution in [-0.4, -0.2) is 53.3 Å². The van der Waals surface area contributed by atoms with Crippen LogP contribution in [-0.2, 0) is 22.7 Å². The van der Waals surface area contributed by atoms with Crippen LogP contribution < -0.4 is 10.6 Å². The van der Waals surface area contributed by atoms with Crippen molar-refractivity contribution in [2.45, 2.75) is 38.4 Å². The van der Waals surface area contributed by atoms with Crippen molar-refractivity contribution in [1.29, 1.82) is 0 Å². The van der Waals surface area contributed by atoms with E-state index >= 15 is 0 Å². The van der Waals surface area contributed by atoms with Gasteiger partial charge in [0.1, 0.15) is 6.04 Å². The smallest absolute Gasteiger partial charge is 0.255 e. The number of carbonyl (C=O) groups is 3. The van der Waals surface area contributed by atoms with Crippen LogP contribution in [0.3, 0.4) is 0 Å². The molecule has 0 radical (unpaired) electrons. The number of hydrogen-bond donors (Lipinski definition) is 2. The van der Waals surface area contributed by atoms with Crippen molar-refractivity contribution in [2.75, 3.05) is 19.8 Å². The molecule has 1 aromatic carbocycles. The van der Waals surface area contributed by atoms with E-state index < -0.39 is 6.04 Å². The normalized spacial score (nSPS) is 24.4. The zero-order chi connectivity index (χ0) is 17.4. The summed E-state index contributed by atoms with van der Waals surface area (Å²) in [5, 5.41) is 5.71. The molecule has 25 heavy (non-hydrogen) atoms. The van der Waals surface area contributed by atoms with Crippen LogP contribution in [0.4, 0.5) is 0 Å². The lowest BCUT2D eigenvalue weighted by Gasteiger charge is -2.30. The van der Waals surface area contributed by atoms with Gasteiger partial charge in [-0.15, -0.1) is 0 Å². The highest BCUT2D eigenvalue weighted by atomic mass is 16.2. The minimum absolute atomic E-state index is 0.108. The second-order valence-electron chi connectivity index (χ2n) is 6.91. The third-order valence-corrected chi connectivity index (χ3v) is 5.24. The predicted molar refractivity (Wildman–Crippen MR) is 90.4 cm³/mol. The van der Waals surface area contributed by atoms with Crippen LogP contribution in [0.2, 0.25) is 0 Å². The molecule has 132 valence electrons. The molecule has 4 rings (SSSR count). The largest absolute Gasteiger partial charge is 0.322 e. The van der Waals surface area contributed by atoms with Gasteiger partial charge in [-0.05, 0) is 36.6 Å². The first kappa shape index (κ1) is 16.2. The van der Waals surface area contributed by atoms with E-state index in [-0.39, 0.29) is 24.1 Å². The van der Waals surface area contributed by atoms with E-state index in [4.69, 9.17) is 0 Å². The van der Waals surface area contributed by atoms with Gasteiger partial charge in [-0.1, -0.05) is 12.1 Å². The molecule has 0 saturated carbocycles. The van der Waals surface area contributed by atoms with E-state index in [2.05, 4.69) is 21.6 Å². The molecule has 0 aromatic heterocycles. The lowest BCUT2D eigenvalue weighted by molar-refractivity contribution is -0.136. The number of carbonyl (C=O) groups excluding carboxylic acids is 3. The van der Waals surface area contributed by atoms with Gasteiger partial charge in [0.15, 0.2) is 0 Å². The Bertz CT molecular complexity index is 727. The number of fused-ring (bicyclic) bond motifs is 1. The number of hydrogen-bond acceptors (Lipinski definition) is 5. The number of nitrogens with zero attached hydrogens (tertiary/aromatic N) is 2. The van der Waals surface area contributed by atoms with Crippen LogP contribution in [0.25, 0.3) is 0 Å². The van der Waals surface area contributed by atoms with E-state index in [1.807, 2.05) is 12.1 Å². The Labute approximate surface area is 146 Å². The van der Waals surface area contributed by atoms with Gasteiger partial charge in [0, 0.05) is 38.3 Å². The van der Waals surface area contributed by atoms with Crippen molar-refractivity contribution in [3.05, 3.63) is 34.9 Å². The lowest BCUT2D eigenvalue weighted by Crippen LogP contribution is -2.52. The molecule has 3 amide bonds. The Morgan fingerprint density at radius 2 is 2.08 bits per heavy atom. The molecule has 7 nitrogen and oxygen atoms in total. The number of benzene rings is 1. The quantitative estimate of drug-likeness (QED) is 0.767. The first-order valence-electron chi connectivity index (χ1n) is 8.82. The molecule has 7 heteroatoms. The second kappa shape index (κ2) is 6.57. The molecule has 3 aliphatic heterocycles. The standard InChI is InChI=1S/C18H22N4O3/c23-16-6-5-15(17(24)20-16)22-10-14-12(3-1-4-13(14)18(22)25)9-21-8-2-7-19-11-21/h1,3-4,15,19H,2,5-11H2,(H,20,23,24). The van der Waals surface area contributed by atoms with Gasteiger partial charge in [0.05, 0.1) is 0 Å². The van der Waals surface area contributed by atoms with Crippen molar-refractivity contribution in [3.8, 4) is 0 Å². The second-order valence-corrected chi connectivity index (χ2v) is 6.91. The number of nitrogens with one attached hydrogen (secondary N) is 2. The van der Waals surface area contributed by atoms with Gasteiger partial charge < -0.3 is 10.2 Å². The van der Waals surface area contributed by atoms with Crippen molar-refractivity contribution in [3.63, 3.8) is 0 Å². The maximum Gasteiger partial charge on any atom is 0.255 e. The summed E-state index contributed by atoms with van der Waals surface area (Å²) >= 11 is 0. The first-order chi connectivity index (χ1) is 12.1. The lowest BCUT2D eigenvalue weighted by atomic mass is 10.0. The minimum atomic E-state index is -0.554. The fourth-order valence-corrected chi connectivity index (χ4v) is 3.92. The fourth-order valence-electron chi connectivity index (χ4n) is 3.92. The molecule has 3 heterocycles. The maximum atomic E-state index is 12.8. The minimum Gasteiger partial charge on any atom is -0.322 e. The summed E-state index contributed by atoms with van der Waals surface area (Å²) in [6, 6.07) is 5.26. The third kappa shape index (κ3) is 3.05. The molecule has 0 aliphatic carbocycles. The number of piperidine rings is 1. The molecule has 1 aromatic rings. The Kier molecular flexibility index (Phi) is 4.27. The summed E-state index contributed by atoms with van der Waals surface area (Å²) < 4.78 is 0. The predicted octanol–water partition coefficient (Wildman–Crippen LogP) is 0.200. The SMILES string of the molecule is O=C1CCC(N2Cc3c(CN4CCCNC4)cccc3C2=O)C(=O)N1. The van der Waals surface area contributed by atoms with E-state index in [9.17, 15) is 14.4 Å². The molecule has 1 atom stereocenters.